The maximum atomic E-state index is 15.0. The fourth-order valence-electron chi connectivity index (χ4n) is 3.00. The lowest BCUT2D eigenvalue weighted by atomic mass is 10.2. The predicted octanol–water partition coefficient (Wildman–Crippen LogP) is 1.87. The number of nitrogens with zero attached hydrogens (tertiary/aromatic N) is 1. The number of rotatable bonds is 4. The Kier molecular flexibility index (Phi) is 5.14. The van der Waals surface area contributed by atoms with Gasteiger partial charge >= 0.3 is 13.5 Å². The summed E-state index contributed by atoms with van der Waals surface area (Å²) < 4.78 is 49.0. The first-order chi connectivity index (χ1) is 13.7. The quantitative estimate of drug-likeness (QED) is 0.678. The molecular formula is C16H15ClFN2O8P. The summed E-state index contributed by atoms with van der Waals surface area (Å²) in [6, 6.07) is 5.60. The van der Waals surface area contributed by atoms with Gasteiger partial charge in [0.25, 0.3) is 5.56 Å². The van der Waals surface area contributed by atoms with E-state index in [2.05, 4.69) is 0 Å². The zero-order chi connectivity index (χ0) is 20.8. The molecule has 0 radical (unpaired) electrons. The summed E-state index contributed by atoms with van der Waals surface area (Å²) in [7, 11) is -4.14. The Bertz CT molecular complexity index is 1110. The van der Waals surface area contributed by atoms with Gasteiger partial charge in [-0.1, -0.05) is 11.6 Å². The maximum Gasteiger partial charge on any atom is 0.530 e. The molecule has 10 nitrogen and oxygen atoms in total. The monoisotopic (exact) mass is 448 g/mol. The van der Waals surface area contributed by atoms with Crippen LogP contribution in [-0.4, -0.2) is 33.2 Å². The maximum absolute atomic E-state index is 15.0. The zero-order valence-electron chi connectivity index (χ0n) is 14.6. The molecule has 0 spiro atoms. The molecule has 0 aliphatic carbocycles. The third-order valence-electron chi connectivity index (χ3n) is 4.35. The van der Waals surface area contributed by atoms with Gasteiger partial charge in [0.15, 0.2) is 6.23 Å². The molecule has 0 saturated carbocycles. The number of aliphatic hydroxyl groups is 1. The van der Waals surface area contributed by atoms with Crippen LogP contribution in [-0.2, 0) is 25.0 Å². The third-order valence-corrected chi connectivity index (χ3v) is 5.90. The van der Waals surface area contributed by atoms with Crippen molar-refractivity contribution in [2.24, 2.45) is 0 Å². The topological polar surface area (TPSA) is 129 Å². The number of ether oxygens (including phenoxy) is 1. The number of halogens is 2. The molecule has 1 fully saturated rings. The number of alkyl halides is 1. The number of benzene rings is 1. The molecule has 1 unspecified atom stereocenters. The smallest absolute Gasteiger partial charge is 0.404 e. The van der Waals surface area contributed by atoms with Gasteiger partial charge in [0, 0.05) is 29.3 Å². The van der Waals surface area contributed by atoms with Crippen LogP contribution in [0.2, 0.25) is 5.02 Å². The van der Waals surface area contributed by atoms with Crippen LogP contribution in [0.4, 0.5) is 4.39 Å². The highest BCUT2D eigenvalue weighted by Gasteiger charge is 2.50. The Balaban J connectivity index is 1.46. The van der Waals surface area contributed by atoms with Crippen molar-refractivity contribution in [3.63, 3.8) is 0 Å². The Morgan fingerprint density at radius 1 is 1.41 bits per heavy atom. The van der Waals surface area contributed by atoms with E-state index < -0.39 is 50.3 Å². The number of nitrogens with one attached hydrogen (secondary N) is 1. The van der Waals surface area contributed by atoms with Gasteiger partial charge in [-0.2, -0.15) is 0 Å². The van der Waals surface area contributed by atoms with E-state index >= 15 is 4.39 Å². The largest absolute Gasteiger partial charge is 0.530 e. The molecule has 13 heteroatoms. The van der Waals surface area contributed by atoms with Gasteiger partial charge in [-0.25, -0.2) is 13.8 Å². The van der Waals surface area contributed by atoms with E-state index in [1.807, 2.05) is 4.98 Å². The Morgan fingerprint density at radius 2 is 2.21 bits per heavy atom. The molecule has 2 aromatic rings. The van der Waals surface area contributed by atoms with Gasteiger partial charge < -0.3 is 14.4 Å². The number of hydrogen-bond acceptors (Lipinski definition) is 8. The number of phosphoric ester groups is 1. The number of aliphatic hydroxyl groups excluding tert-OH is 1. The van der Waals surface area contributed by atoms with Gasteiger partial charge in [0.2, 0.25) is 5.85 Å². The highest BCUT2D eigenvalue weighted by molar-refractivity contribution is 7.49. The van der Waals surface area contributed by atoms with Gasteiger partial charge in [-0.3, -0.25) is 23.4 Å². The third kappa shape index (κ3) is 4.16. The summed E-state index contributed by atoms with van der Waals surface area (Å²) >= 11 is 5.87. The fourth-order valence-corrected chi connectivity index (χ4v) is 4.45. The second-order valence-corrected chi connectivity index (χ2v) is 8.55. The van der Waals surface area contributed by atoms with Crippen LogP contribution < -0.4 is 15.8 Å². The summed E-state index contributed by atoms with van der Waals surface area (Å²) in [5, 5.41) is 10.6. The predicted molar refractivity (Wildman–Crippen MR) is 96.3 cm³/mol. The van der Waals surface area contributed by atoms with Crippen molar-refractivity contribution in [2.75, 3.05) is 6.61 Å². The van der Waals surface area contributed by atoms with Crippen molar-refractivity contribution in [2.45, 2.75) is 31.2 Å². The molecule has 2 N–H and O–H groups in total. The molecule has 0 bridgehead atoms. The van der Waals surface area contributed by atoms with Crippen molar-refractivity contribution in [3.05, 3.63) is 61.9 Å². The van der Waals surface area contributed by atoms with Crippen LogP contribution in [0.15, 0.2) is 40.1 Å². The van der Waals surface area contributed by atoms with E-state index in [4.69, 9.17) is 29.9 Å². The highest BCUT2D eigenvalue weighted by Crippen LogP contribution is 2.55. The molecule has 4 atom stereocenters. The van der Waals surface area contributed by atoms with Crippen LogP contribution >= 0.6 is 19.4 Å². The molecule has 156 valence electrons. The average molecular weight is 449 g/mol. The molecule has 2 aliphatic heterocycles. The van der Waals surface area contributed by atoms with E-state index in [0.717, 1.165) is 16.8 Å². The molecule has 1 aromatic heterocycles. The second-order valence-electron chi connectivity index (χ2n) is 6.52. The molecule has 1 saturated heterocycles. The van der Waals surface area contributed by atoms with E-state index in [0.29, 0.717) is 10.6 Å². The molecule has 29 heavy (non-hydrogen) atoms. The summed E-state index contributed by atoms with van der Waals surface area (Å²) in [5.74, 6) is -2.36. The van der Waals surface area contributed by atoms with Crippen molar-refractivity contribution in [1.29, 1.82) is 0 Å². The number of H-pyrrole nitrogens is 1. The lowest BCUT2D eigenvalue weighted by Crippen LogP contribution is -2.35. The van der Waals surface area contributed by atoms with E-state index in [9.17, 15) is 19.3 Å². The zero-order valence-corrected chi connectivity index (χ0v) is 16.3. The minimum atomic E-state index is -4.14. The first-order valence-electron chi connectivity index (χ1n) is 8.40. The summed E-state index contributed by atoms with van der Waals surface area (Å²) in [4.78, 5) is 25.0. The molecule has 0 amide bonds. The van der Waals surface area contributed by atoms with Gasteiger partial charge in [0.1, 0.15) is 18.5 Å². The normalized spacial score (nSPS) is 31.3. The Labute approximate surface area is 167 Å². The fraction of sp³-hybridized carbons (Fsp3) is 0.375. The second kappa shape index (κ2) is 7.35. The van der Waals surface area contributed by atoms with Gasteiger partial charge in [-0.15, -0.1) is 0 Å². The van der Waals surface area contributed by atoms with E-state index in [1.165, 1.54) is 12.1 Å². The standard InChI is InChI=1S/C16H15ClFN2O8P/c17-10-1-2-12-9(5-10)7-25-29(24,28-12)26-8-16(18)6-11(21)14(27-16)20-4-3-13(22)19-15(20)23/h1-5,11,14,21H,6-8H2,(H,19,22,23)/t11-,14-,16+,29?/m1/s1. The minimum absolute atomic E-state index is 0.120. The molecule has 2 aliphatic rings. The summed E-state index contributed by atoms with van der Waals surface area (Å²) in [6.07, 6.45) is -2.34. The number of aromatic amines is 1. The number of phosphoric acid groups is 1. The summed E-state index contributed by atoms with van der Waals surface area (Å²) in [6.45, 7) is -1.01. The molecular weight excluding hydrogens is 434 g/mol. The van der Waals surface area contributed by atoms with Crippen molar-refractivity contribution >= 4 is 19.4 Å². The van der Waals surface area contributed by atoms with E-state index in [1.54, 1.807) is 6.07 Å². The van der Waals surface area contributed by atoms with E-state index in [-0.39, 0.29) is 12.4 Å². The lowest BCUT2D eigenvalue weighted by molar-refractivity contribution is -0.179. The van der Waals surface area contributed by atoms with Gasteiger partial charge in [0.05, 0.1) is 6.61 Å². The van der Waals surface area contributed by atoms with Gasteiger partial charge in [-0.05, 0) is 18.2 Å². The minimum Gasteiger partial charge on any atom is -0.404 e. The number of hydrogen-bond donors (Lipinski definition) is 2. The van der Waals surface area contributed by atoms with Crippen LogP contribution in [0.1, 0.15) is 18.2 Å². The Hall–Kier alpha value is -2.01. The number of fused-ring (bicyclic) bond motifs is 1. The average Bonchev–Trinajstić information content (AvgIpc) is 2.96. The Morgan fingerprint density at radius 3 is 2.97 bits per heavy atom. The highest BCUT2D eigenvalue weighted by atomic mass is 35.5. The van der Waals surface area contributed by atoms with Crippen LogP contribution in [0.5, 0.6) is 5.75 Å². The first kappa shape index (κ1) is 20.3. The van der Waals surface area contributed by atoms with Crippen molar-refractivity contribution < 1.29 is 32.4 Å². The molecule has 3 heterocycles. The first-order valence-corrected chi connectivity index (χ1v) is 10.2. The molecule has 4 rings (SSSR count). The van der Waals surface area contributed by atoms with Crippen molar-refractivity contribution in [3.8, 4) is 5.75 Å². The van der Waals surface area contributed by atoms with Crippen molar-refractivity contribution in [1.82, 2.24) is 9.55 Å². The lowest BCUT2D eigenvalue weighted by Gasteiger charge is -2.27. The van der Waals surface area contributed by atoms with Crippen LogP contribution in [0.3, 0.4) is 0 Å². The van der Waals surface area contributed by atoms with Crippen LogP contribution in [0.25, 0.3) is 0 Å². The van der Waals surface area contributed by atoms with Crippen LogP contribution in [0, 0.1) is 0 Å². The SMILES string of the molecule is O=c1ccn([C@@H]2O[C@](F)(COP3(=O)OCc4cc(Cl)ccc4O3)C[C@H]2O)c(=O)[nH]1. The number of aromatic nitrogens is 2. The summed E-state index contributed by atoms with van der Waals surface area (Å²) in [5.41, 5.74) is -0.985. The molecule has 1 aromatic carbocycles.